The van der Waals surface area contributed by atoms with Crippen LogP contribution >= 0.6 is 7.82 Å². The van der Waals surface area contributed by atoms with E-state index >= 15 is 0 Å². The fourth-order valence-electron chi connectivity index (χ4n) is 0.167. The third kappa shape index (κ3) is 12.4. The van der Waals surface area contributed by atoms with Crippen LogP contribution in [0.2, 0.25) is 0 Å². The van der Waals surface area contributed by atoms with Crippen LogP contribution in [0.5, 0.6) is 0 Å². The zero-order valence-corrected chi connectivity index (χ0v) is 4.96. The molecular formula is C2H7BaO5P. The van der Waals surface area contributed by atoms with Gasteiger partial charge in [0.25, 0.3) is 0 Å². The quantitative estimate of drug-likeness (QED) is 0.462. The van der Waals surface area contributed by atoms with E-state index in [1.165, 1.54) is 0 Å². The van der Waals surface area contributed by atoms with Gasteiger partial charge in [-0.2, -0.15) is 0 Å². The zero-order valence-electron chi connectivity index (χ0n) is 4.07. The Hall–Kier alpha value is 1.19. The summed E-state index contributed by atoms with van der Waals surface area (Å²) in [6, 6.07) is 0. The summed E-state index contributed by atoms with van der Waals surface area (Å²) >= 11 is 0. The van der Waals surface area contributed by atoms with Crippen LogP contribution in [0.4, 0.5) is 0 Å². The first-order valence-electron chi connectivity index (χ1n) is 1.67. The summed E-state index contributed by atoms with van der Waals surface area (Å²) in [7, 11) is -4.57. The van der Waals surface area contributed by atoms with E-state index < -0.39 is 13.8 Å². The third-order valence-corrected chi connectivity index (χ3v) is 0.742. The fourth-order valence-corrected chi connectivity index (χ4v) is 0.502. The van der Waals surface area contributed by atoms with Gasteiger partial charge in [-0.1, -0.05) is 0 Å². The Bertz CT molecular complexity index is 138. The van der Waals surface area contributed by atoms with Crippen molar-refractivity contribution in [1.82, 2.24) is 0 Å². The molecule has 0 aromatic carbocycles. The summed E-state index contributed by atoms with van der Waals surface area (Å²) in [4.78, 5) is 25.5. The van der Waals surface area contributed by atoms with Crippen LogP contribution in [0.15, 0.2) is 0 Å². The molecule has 0 bridgehead atoms. The maximum atomic E-state index is 9.74. The summed E-state index contributed by atoms with van der Waals surface area (Å²) in [5, 5.41) is 0. The van der Waals surface area contributed by atoms with Crippen molar-refractivity contribution in [2.45, 2.75) is 6.92 Å². The molecule has 0 rings (SSSR count). The molecule has 5 nitrogen and oxygen atoms in total. The molecule has 0 heterocycles. The second-order valence-corrected chi connectivity index (χ2v) is 2.24. The maximum absolute atomic E-state index is 9.74. The van der Waals surface area contributed by atoms with E-state index in [-0.39, 0.29) is 48.9 Å². The molecule has 0 aromatic heterocycles. The molecule has 0 aliphatic carbocycles. The molecule has 0 radical (unpaired) electrons. The number of phosphoric ester groups is 1. The Balaban J connectivity index is 0. The van der Waals surface area contributed by atoms with E-state index in [9.17, 15) is 9.36 Å². The summed E-state index contributed by atoms with van der Waals surface area (Å²) in [5.41, 5.74) is 0. The third-order valence-electron chi connectivity index (χ3n) is 0.247. The van der Waals surface area contributed by atoms with Gasteiger partial charge in [-0.15, -0.1) is 0 Å². The topological polar surface area (TPSA) is 83.8 Å². The molecule has 0 aliphatic rings. The van der Waals surface area contributed by atoms with Gasteiger partial charge in [0, 0.05) is 6.92 Å². The predicted molar refractivity (Wildman–Crippen MR) is 32.4 cm³/mol. The van der Waals surface area contributed by atoms with Crippen molar-refractivity contribution in [3.8, 4) is 0 Å². The molecule has 0 atom stereocenters. The van der Waals surface area contributed by atoms with Gasteiger partial charge >= 0.3 is 62.7 Å². The van der Waals surface area contributed by atoms with Crippen LogP contribution in [0, 0.1) is 0 Å². The first-order valence-corrected chi connectivity index (χ1v) is 3.20. The second kappa shape index (κ2) is 4.92. The van der Waals surface area contributed by atoms with Gasteiger partial charge in [-0.25, -0.2) is 4.57 Å². The predicted octanol–water partition coefficient (Wildman–Crippen LogP) is -1.27. The van der Waals surface area contributed by atoms with E-state index in [2.05, 4.69) is 4.52 Å². The van der Waals surface area contributed by atoms with Gasteiger partial charge < -0.3 is 4.52 Å². The molecule has 7 heteroatoms. The van der Waals surface area contributed by atoms with Gasteiger partial charge in [0.2, 0.25) is 0 Å². The molecule has 0 aromatic rings. The Labute approximate surface area is 92.1 Å². The van der Waals surface area contributed by atoms with Crippen LogP contribution in [-0.4, -0.2) is 64.6 Å². The average molecular weight is 279 g/mol. The van der Waals surface area contributed by atoms with Crippen molar-refractivity contribution in [2.24, 2.45) is 0 Å². The summed E-state index contributed by atoms with van der Waals surface area (Å²) < 4.78 is 13.2. The molecule has 0 saturated carbocycles. The number of rotatable bonds is 1. The molecule has 52 valence electrons. The van der Waals surface area contributed by atoms with Crippen LogP contribution < -0.4 is 0 Å². The number of hydrogen-bond acceptors (Lipinski definition) is 3. The van der Waals surface area contributed by atoms with Crippen molar-refractivity contribution < 1.29 is 23.7 Å². The molecule has 0 aliphatic heterocycles. The van der Waals surface area contributed by atoms with E-state index in [0.717, 1.165) is 6.92 Å². The standard InChI is InChI=1S/C2H5O5P.Ba.2H/c1-2(3)7-8(4,5)6;;;/h1H3,(H2,4,5,6);;;. The molecule has 2 N–H and O–H groups in total. The Kier molecular flexibility index (Phi) is 7.02. The van der Waals surface area contributed by atoms with Crippen molar-refractivity contribution >= 4 is 62.7 Å². The second-order valence-electron chi connectivity index (χ2n) is 1.07. The average Bonchev–Trinajstić information content (AvgIpc) is 1.21. The summed E-state index contributed by atoms with van der Waals surface area (Å²) in [6.45, 7) is 0.916. The van der Waals surface area contributed by atoms with Gasteiger partial charge in [0.1, 0.15) is 0 Å². The molecule has 0 fully saturated rings. The van der Waals surface area contributed by atoms with Gasteiger partial charge in [-0.05, 0) is 0 Å². The van der Waals surface area contributed by atoms with Crippen LogP contribution in [0.3, 0.4) is 0 Å². The monoisotopic (exact) mass is 280 g/mol. The Morgan fingerprint density at radius 1 is 1.56 bits per heavy atom. The van der Waals surface area contributed by atoms with Gasteiger partial charge in [-0.3, -0.25) is 14.6 Å². The Morgan fingerprint density at radius 3 is 1.89 bits per heavy atom. The number of carbonyl (C=O) groups excluding carboxylic acids is 1. The van der Waals surface area contributed by atoms with Crippen LogP contribution in [0.25, 0.3) is 0 Å². The number of hydrogen-bond donors (Lipinski definition) is 2. The normalized spacial score (nSPS) is 9.67. The van der Waals surface area contributed by atoms with E-state index in [1.54, 1.807) is 0 Å². The summed E-state index contributed by atoms with van der Waals surface area (Å²) in [6.07, 6.45) is 0. The van der Waals surface area contributed by atoms with Crippen molar-refractivity contribution in [2.75, 3.05) is 0 Å². The van der Waals surface area contributed by atoms with Crippen molar-refractivity contribution in [1.29, 1.82) is 0 Å². The van der Waals surface area contributed by atoms with E-state index in [0.29, 0.717) is 0 Å². The SMILES string of the molecule is CC(=O)OP(=O)(O)O.[BaH2]. The zero-order chi connectivity index (χ0) is 6.78. The minimum atomic E-state index is -4.57. The molecule has 9 heavy (non-hydrogen) atoms. The van der Waals surface area contributed by atoms with Crippen molar-refractivity contribution in [3.05, 3.63) is 0 Å². The number of carbonyl (C=O) groups is 1. The fraction of sp³-hybridized carbons (Fsp3) is 0.500. The molecule has 0 unspecified atom stereocenters. The first-order chi connectivity index (χ1) is 3.42. The first kappa shape index (κ1) is 12.8. The molecule has 0 saturated heterocycles. The molecule has 0 amide bonds. The van der Waals surface area contributed by atoms with Gasteiger partial charge in [0.15, 0.2) is 0 Å². The minimum absolute atomic E-state index is 0. The molecule has 0 spiro atoms. The van der Waals surface area contributed by atoms with Crippen LogP contribution in [-0.2, 0) is 13.9 Å². The molecular weight excluding hydrogens is 272 g/mol. The van der Waals surface area contributed by atoms with E-state index in [4.69, 9.17) is 9.79 Å². The van der Waals surface area contributed by atoms with Crippen LogP contribution in [0.1, 0.15) is 6.92 Å². The number of phosphoric acid groups is 1. The van der Waals surface area contributed by atoms with E-state index in [1.807, 2.05) is 0 Å². The Morgan fingerprint density at radius 2 is 1.89 bits per heavy atom. The summed E-state index contributed by atoms with van der Waals surface area (Å²) in [5.74, 6) is -0.988. The van der Waals surface area contributed by atoms with Gasteiger partial charge in [0.05, 0.1) is 0 Å². The van der Waals surface area contributed by atoms with Crippen molar-refractivity contribution in [3.63, 3.8) is 0 Å².